The smallest absolute Gasteiger partial charge is 0.238 e. The Morgan fingerprint density at radius 3 is 1.19 bits per heavy atom. The first kappa shape index (κ1) is 70.0. The standard InChI is InChI=1S/C116H68N6S2/c1-4-27-69(28-5-1)114-118-115(70-29-6-2-7-30-70)120-116(119-114)122-104-49-20-16-41-89(104)102-68-101(108-95-44-17-21-50-105(95)121(111(108)110(102)122)77-33-8-3-9-34-77)87-59-55-72(64-97(87)75-32-24-31-71(63-75)73-53-57-85-81-37-11-10-35-79(81)80-36-12-14-39-83(80)98(85)65-73)74-54-58-86-82-38-13-15-40-84(82)100-67-76(56-60-88(100)99(86)66-74)78-61-62-103(94-47-25-45-92-90-42-18-22-51-106(90)123-112(92)94)117-109(78)96-48-26-46-93-91-43-19-23-52-107(91)124-113(93)96/h1-68H. The van der Waals surface area contributed by atoms with Crippen LogP contribution in [0.4, 0.5) is 0 Å². The van der Waals surface area contributed by atoms with Gasteiger partial charge in [-0.05, 0) is 194 Å². The lowest BCUT2D eigenvalue weighted by atomic mass is 9.86. The largest absolute Gasteiger partial charge is 0.307 e. The Kier molecular flexibility index (Phi) is 15.7. The molecule has 0 unspecified atom stereocenters. The fourth-order valence-electron chi connectivity index (χ4n) is 20.1. The van der Waals surface area contributed by atoms with Gasteiger partial charge in [0.25, 0.3) is 0 Å². The molecular weight excluding hydrogens is 1540 g/mol. The van der Waals surface area contributed by atoms with Crippen molar-refractivity contribution in [2.75, 3.05) is 0 Å². The number of aromatic nitrogens is 6. The monoisotopic (exact) mass is 1610 g/mol. The van der Waals surface area contributed by atoms with Crippen molar-refractivity contribution in [3.63, 3.8) is 0 Å². The topological polar surface area (TPSA) is 61.4 Å². The Labute approximate surface area is 720 Å². The van der Waals surface area contributed by atoms with Gasteiger partial charge in [0, 0.05) is 95.4 Å². The van der Waals surface area contributed by atoms with Crippen molar-refractivity contribution in [3.8, 4) is 113 Å². The van der Waals surface area contributed by atoms with Gasteiger partial charge < -0.3 is 4.57 Å². The maximum atomic E-state index is 5.88. The van der Waals surface area contributed by atoms with Crippen LogP contribution < -0.4 is 0 Å². The van der Waals surface area contributed by atoms with Gasteiger partial charge in [-0.25, -0.2) is 9.97 Å². The SMILES string of the molecule is c1ccc(-c2nc(-c3ccccc3)nc(-n3c4ccccc4c4cc(-c5ccc(-c6ccc7c8ccccc8c8cc(-c9ccc(-c%10cccc%11c%10sc%10ccccc%10%11)nc9-c9cccc%10c9sc9ccccc9%10)ccc8c7c6)cc5-c5cccc(-c6ccc7c8ccccc8c8ccccc8c7c6)c5)c5c6ccccc6n(-c6ccccc6)c5c43)n2)cc1. The lowest BCUT2D eigenvalue weighted by Crippen LogP contribution is -2.07. The summed E-state index contributed by atoms with van der Waals surface area (Å²) in [6, 6.07) is 152. The van der Waals surface area contributed by atoms with Gasteiger partial charge in [-0.2, -0.15) is 9.97 Å². The molecule has 26 aromatic rings. The van der Waals surface area contributed by atoms with Crippen LogP contribution in [0.5, 0.6) is 0 Å². The summed E-state index contributed by atoms with van der Waals surface area (Å²) in [7, 11) is 0. The first-order chi connectivity index (χ1) is 61.5. The van der Waals surface area contributed by atoms with Gasteiger partial charge in [0.2, 0.25) is 5.95 Å². The van der Waals surface area contributed by atoms with Gasteiger partial charge in [0.05, 0.1) is 33.5 Å². The lowest BCUT2D eigenvalue weighted by molar-refractivity contribution is 0.953. The number of nitrogens with zero attached hydrogens (tertiary/aromatic N) is 6. The molecule has 0 saturated carbocycles. The molecule has 124 heavy (non-hydrogen) atoms. The number of rotatable bonds is 11. The molecule has 0 atom stereocenters. The Balaban J connectivity index is 0.706. The second-order valence-electron chi connectivity index (χ2n) is 32.5. The minimum absolute atomic E-state index is 0.525. The van der Waals surface area contributed by atoms with Crippen molar-refractivity contribution < 1.29 is 0 Å². The summed E-state index contributed by atoms with van der Waals surface area (Å²) in [5.74, 6) is 1.70. The molecule has 6 aromatic heterocycles. The molecule has 0 N–H and O–H groups in total. The van der Waals surface area contributed by atoms with E-state index in [2.05, 4.69) is 385 Å². The molecule has 0 fully saturated rings. The second kappa shape index (κ2) is 27.9. The van der Waals surface area contributed by atoms with Crippen LogP contribution in [0.25, 0.3) is 261 Å². The van der Waals surface area contributed by atoms with Gasteiger partial charge in [-0.15, -0.1) is 22.7 Å². The molecule has 8 heteroatoms. The van der Waals surface area contributed by atoms with E-state index >= 15 is 0 Å². The summed E-state index contributed by atoms with van der Waals surface area (Å²) >= 11 is 3.70. The minimum Gasteiger partial charge on any atom is -0.307 e. The van der Waals surface area contributed by atoms with Crippen molar-refractivity contribution in [2.24, 2.45) is 0 Å². The Bertz CT molecular complexity index is 8920. The molecule has 0 aliphatic carbocycles. The first-order valence-corrected chi connectivity index (χ1v) is 43.9. The zero-order valence-corrected chi connectivity index (χ0v) is 68.4. The fourth-order valence-corrected chi connectivity index (χ4v) is 22.6. The molecule has 0 aliphatic rings. The Hall–Kier alpha value is -15.8. The van der Waals surface area contributed by atoms with Crippen molar-refractivity contribution >= 4 is 171 Å². The van der Waals surface area contributed by atoms with Crippen LogP contribution in [0.15, 0.2) is 413 Å². The van der Waals surface area contributed by atoms with Crippen LogP contribution in [-0.2, 0) is 0 Å². The third-order valence-electron chi connectivity index (χ3n) is 25.7. The molecule has 6 heterocycles. The van der Waals surface area contributed by atoms with Gasteiger partial charge in [-0.3, -0.25) is 4.57 Å². The number of fused-ring (bicyclic) bond motifs is 25. The highest BCUT2D eigenvalue weighted by Crippen LogP contribution is 2.52. The van der Waals surface area contributed by atoms with E-state index < -0.39 is 0 Å². The van der Waals surface area contributed by atoms with Crippen LogP contribution in [0.2, 0.25) is 0 Å². The van der Waals surface area contributed by atoms with E-state index in [1.165, 1.54) is 105 Å². The van der Waals surface area contributed by atoms with E-state index in [0.717, 1.165) is 139 Å². The number of benzene rings is 20. The predicted molar refractivity (Wildman–Crippen MR) is 526 cm³/mol. The third kappa shape index (κ3) is 10.9. The van der Waals surface area contributed by atoms with Crippen LogP contribution in [-0.4, -0.2) is 29.1 Å². The van der Waals surface area contributed by atoms with Crippen LogP contribution >= 0.6 is 22.7 Å². The van der Waals surface area contributed by atoms with E-state index in [9.17, 15) is 0 Å². The number of para-hydroxylation sites is 3. The van der Waals surface area contributed by atoms with Gasteiger partial charge in [0.1, 0.15) is 0 Å². The molecule has 20 aromatic carbocycles. The van der Waals surface area contributed by atoms with Crippen molar-refractivity contribution in [3.05, 3.63) is 413 Å². The summed E-state index contributed by atoms with van der Waals surface area (Å²) in [5.41, 5.74) is 22.2. The van der Waals surface area contributed by atoms with E-state index in [4.69, 9.17) is 19.9 Å². The summed E-state index contributed by atoms with van der Waals surface area (Å²) in [6.45, 7) is 0. The maximum absolute atomic E-state index is 5.88. The van der Waals surface area contributed by atoms with Gasteiger partial charge in [-0.1, -0.05) is 334 Å². The molecule has 0 saturated heterocycles. The van der Waals surface area contributed by atoms with E-state index in [-0.39, 0.29) is 0 Å². The summed E-state index contributed by atoms with van der Waals surface area (Å²) in [5, 5.41) is 24.1. The average Bonchev–Trinajstić information content (AvgIpc) is 1.52. The Morgan fingerprint density at radius 2 is 0.597 bits per heavy atom. The predicted octanol–water partition coefficient (Wildman–Crippen LogP) is 32.1. The molecule has 0 spiro atoms. The average molecular weight is 1610 g/mol. The normalized spacial score (nSPS) is 12.0. The van der Waals surface area contributed by atoms with Crippen molar-refractivity contribution in [1.29, 1.82) is 0 Å². The lowest BCUT2D eigenvalue weighted by Gasteiger charge is -2.18. The molecule has 6 nitrogen and oxygen atoms in total. The summed E-state index contributed by atoms with van der Waals surface area (Å²) < 4.78 is 9.80. The highest BCUT2D eigenvalue weighted by Gasteiger charge is 2.29. The molecular formula is C116H68N6S2. The highest BCUT2D eigenvalue weighted by molar-refractivity contribution is 7.26. The third-order valence-corrected chi connectivity index (χ3v) is 28.2. The van der Waals surface area contributed by atoms with E-state index in [0.29, 0.717) is 17.6 Å². The molecule has 574 valence electrons. The van der Waals surface area contributed by atoms with Gasteiger partial charge in [0.15, 0.2) is 11.6 Å². The quantitative estimate of drug-likeness (QED) is 0.121. The molecule has 0 bridgehead atoms. The Morgan fingerprint density at radius 1 is 0.194 bits per heavy atom. The number of pyridine rings is 1. The zero-order valence-electron chi connectivity index (χ0n) is 66.8. The number of hydrogen-bond acceptors (Lipinski definition) is 6. The minimum atomic E-state index is 0.525. The summed E-state index contributed by atoms with van der Waals surface area (Å²) in [6.07, 6.45) is 0. The van der Waals surface area contributed by atoms with Crippen LogP contribution in [0.3, 0.4) is 0 Å². The second-order valence-corrected chi connectivity index (χ2v) is 34.6. The summed E-state index contributed by atoms with van der Waals surface area (Å²) in [4.78, 5) is 22.2. The number of hydrogen-bond donors (Lipinski definition) is 0. The molecule has 0 radical (unpaired) electrons. The van der Waals surface area contributed by atoms with Crippen LogP contribution in [0, 0.1) is 0 Å². The first-order valence-electron chi connectivity index (χ1n) is 42.2. The van der Waals surface area contributed by atoms with Gasteiger partial charge >= 0.3 is 0 Å². The number of thiophene rings is 2. The molecule has 0 amide bonds. The fraction of sp³-hybridized carbons (Fsp3) is 0. The van der Waals surface area contributed by atoms with E-state index in [1.807, 2.05) is 59.1 Å². The maximum Gasteiger partial charge on any atom is 0.238 e. The zero-order chi connectivity index (χ0) is 81.2. The molecule has 26 rings (SSSR count). The van der Waals surface area contributed by atoms with Crippen LogP contribution in [0.1, 0.15) is 0 Å². The molecule has 0 aliphatic heterocycles. The van der Waals surface area contributed by atoms with Crippen molar-refractivity contribution in [2.45, 2.75) is 0 Å². The van der Waals surface area contributed by atoms with Crippen molar-refractivity contribution in [1.82, 2.24) is 29.1 Å². The van der Waals surface area contributed by atoms with E-state index in [1.54, 1.807) is 0 Å². The highest BCUT2D eigenvalue weighted by atomic mass is 32.1.